The number of rotatable bonds is 0. The van der Waals surface area contributed by atoms with E-state index in [1.54, 1.807) is 0 Å². The minimum atomic E-state index is 1.08. The van der Waals surface area contributed by atoms with Crippen LogP contribution < -0.4 is 0 Å². The van der Waals surface area contributed by atoms with Gasteiger partial charge in [0.2, 0.25) is 0 Å². The van der Waals surface area contributed by atoms with Gasteiger partial charge in [0.25, 0.3) is 0 Å². The van der Waals surface area contributed by atoms with Gasteiger partial charge in [-0.25, -0.2) is 0 Å². The Bertz CT molecular complexity index is 784. The van der Waals surface area contributed by atoms with E-state index in [0.717, 1.165) is 10.2 Å². The van der Waals surface area contributed by atoms with Crippen molar-refractivity contribution in [2.24, 2.45) is 0 Å². The van der Waals surface area contributed by atoms with Crippen LogP contribution in [0.5, 0.6) is 0 Å². The average Bonchev–Trinajstić information content (AvgIpc) is 3.31. The zero-order valence-electron chi connectivity index (χ0n) is 12.7. The summed E-state index contributed by atoms with van der Waals surface area (Å²) >= 11 is 23.2. The van der Waals surface area contributed by atoms with Crippen LogP contribution in [0.25, 0.3) is 0 Å². The highest BCUT2D eigenvalue weighted by Gasteiger charge is 2.34. The Morgan fingerprint density at radius 3 is 1.08 bits per heavy atom. The Hall–Kier alpha value is 2.64. The first-order valence-electron chi connectivity index (χ1n) is 6.94. The lowest BCUT2D eigenvalue weighted by molar-refractivity contribution is 2.15. The van der Waals surface area contributed by atoms with Gasteiger partial charge in [0.1, 0.15) is 0 Å². The largest absolute Gasteiger partial charge is 0.106 e. The van der Waals surface area contributed by atoms with Gasteiger partial charge >= 0.3 is 0 Å². The molecule has 0 saturated carbocycles. The summed E-state index contributed by atoms with van der Waals surface area (Å²) < 4.78 is 14.1. The van der Waals surface area contributed by atoms with Crippen LogP contribution in [0.3, 0.4) is 0 Å². The first-order valence-corrected chi connectivity index (χ1v) is 17.4. The first kappa shape index (κ1) is 20.5. The second kappa shape index (κ2) is 9.02. The average molecular weight is 561 g/mol. The Balaban J connectivity index is 1.27. The monoisotopic (exact) mass is 560 g/mol. The summed E-state index contributed by atoms with van der Waals surface area (Å²) in [5.41, 5.74) is 0. The maximum Gasteiger partial charge on any atom is 0.0718 e. The molecular weight excluding hydrogens is 553 g/mol. The second-order valence-corrected chi connectivity index (χ2v) is 20.4. The zero-order valence-corrected chi connectivity index (χ0v) is 22.5. The van der Waals surface area contributed by atoms with Crippen molar-refractivity contribution in [3.8, 4) is 0 Å². The standard InChI is InChI=1S/C14H8S12/c1-5-19-7-8(20-5)16-4-18-10-9(17-3-15-7)23-13(24-10)14-25-11-12(26-14)22-6(2)21-11/h1-4H2. The van der Waals surface area contributed by atoms with Gasteiger partial charge in [-0.2, -0.15) is 0 Å². The summed E-state index contributed by atoms with van der Waals surface area (Å²) in [7, 11) is 0. The molecule has 0 amide bonds. The molecule has 26 heavy (non-hydrogen) atoms. The van der Waals surface area contributed by atoms with Crippen molar-refractivity contribution in [1.82, 2.24) is 0 Å². The van der Waals surface area contributed by atoms with Crippen LogP contribution >= 0.6 is 141 Å². The molecule has 5 heterocycles. The fourth-order valence-electron chi connectivity index (χ4n) is 2.00. The summed E-state index contributed by atoms with van der Waals surface area (Å²) in [5, 5.41) is 2.16. The van der Waals surface area contributed by atoms with E-state index in [-0.39, 0.29) is 0 Å². The maximum atomic E-state index is 4.13. The molecule has 0 fully saturated rings. The molecule has 12 heteroatoms. The summed E-state index contributed by atoms with van der Waals surface area (Å²) in [6.07, 6.45) is 0. The van der Waals surface area contributed by atoms with Crippen molar-refractivity contribution in [3.63, 3.8) is 0 Å². The highest BCUT2D eigenvalue weighted by atomic mass is 32.3. The minimum absolute atomic E-state index is 1.08. The molecule has 0 radical (unpaired) electrons. The van der Waals surface area contributed by atoms with Crippen molar-refractivity contribution >= 4 is 141 Å². The van der Waals surface area contributed by atoms with Gasteiger partial charge in [-0.1, -0.05) is 107 Å². The molecule has 0 bridgehead atoms. The van der Waals surface area contributed by atoms with Gasteiger partial charge in [-0.05, 0) is 0 Å². The van der Waals surface area contributed by atoms with Gasteiger partial charge in [-0.15, -0.1) is 47.0 Å². The summed E-state index contributed by atoms with van der Waals surface area (Å²) in [6, 6.07) is 0. The molecule has 0 aliphatic carbocycles. The Morgan fingerprint density at radius 2 is 0.654 bits per heavy atom. The molecule has 0 aromatic carbocycles. The molecule has 0 spiro atoms. The molecule has 0 saturated heterocycles. The van der Waals surface area contributed by atoms with E-state index in [2.05, 4.69) is 13.2 Å². The maximum absolute atomic E-state index is 4.13. The molecule has 5 aliphatic heterocycles. The number of hydrogen-bond acceptors (Lipinski definition) is 12. The molecular formula is C14H8S12. The van der Waals surface area contributed by atoms with Gasteiger partial charge in [0, 0.05) is 18.6 Å². The van der Waals surface area contributed by atoms with E-state index < -0.39 is 0 Å². The molecule has 0 N–H and O–H groups in total. The molecule has 0 nitrogen and oxygen atoms in total. The van der Waals surface area contributed by atoms with Crippen molar-refractivity contribution in [2.45, 2.75) is 0 Å². The predicted molar refractivity (Wildman–Crippen MR) is 147 cm³/mol. The Labute approximate surface area is 204 Å². The minimum Gasteiger partial charge on any atom is -0.106 e. The molecule has 0 aromatic rings. The van der Waals surface area contributed by atoms with Crippen LogP contribution in [0, 0.1) is 0 Å². The third-order valence-electron chi connectivity index (χ3n) is 2.99. The van der Waals surface area contributed by atoms with Crippen LogP contribution in [0.4, 0.5) is 0 Å². The van der Waals surface area contributed by atoms with Gasteiger partial charge in [0.05, 0.1) is 33.9 Å². The lowest BCUT2D eigenvalue weighted by Crippen LogP contribution is -1.80. The SMILES string of the molecule is C=C1SC2=C(SCSC3=C(SCS2)SC(=C2SC4=C(SC(=C)S4)S2)S3)S1. The molecule has 0 atom stereocenters. The summed E-state index contributed by atoms with van der Waals surface area (Å²) in [4.78, 5) is 0. The van der Waals surface area contributed by atoms with Gasteiger partial charge < -0.3 is 0 Å². The second-order valence-electron chi connectivity index (χ2n) is 4.67. The van der Waals surface area contributed by atoms with E-state index in [1.807, 2.05) is 141 Å². The van der Waals surface area contributed by atoms with Crippen LogP contribution in [0.2, 0.25) is 0 Å². The molecule has 0 aromatic heterocycles. The lowest BCUT2D eigenvalue weighted by atomic mass is 11.2. The molecule has 5 rings (SSSR count). The third kappa shape index (κ3) is 4.46. The van der Waals surface area contributed by atoms with E-state index in [4.69, 9.17) is 0 Å². The molecule has 5 aliphatic rings. The first-order chi connectivity index (χ1) is 12.7. The van der Waals surface area contributed by atoms with E-state index in [9.17, 15) is 0 Å². The van der Waals surface area contributed by atoms with Crippen LogP contribution in [0.1, 0.15) is 0 Å². The highest BCUT2D eigenvalue weighted by molar-refractivity contribution is 8.50. The van der Waals surface area contributed by atoms with E-state index in [1.165, 1.54) is 42.4 Å². The Kier molecular flexibility index (Phi) is 7.12. The number of thioether (sulfide) groups is 12. The van der Waals surface area contributed by atoms with Gasteiger partial charge in [-0.3, -0.25) is 0 Å². The van der Waals surface area contributed by atoms with Crippen molar-refractivity contribution in [1.29, 1.82) is 0 Å². The topological polar surface area (TPSA) is 0 Å². The van der Waals surface area contributed by atoms with Crippen LogP contribution in [-0.4, -0.2) is 10.2 Å². The normalized spacial score (nSPS) is 26.9. The van der Waals surface area contributed by atoms with Crippen molar-refractivity contribution in [3.05, 3.63) is 55.5 Å². The zero-order chi connectivity index (χ0) is 17.7. The van der Waals surface area contributed by atoms with Crippen LogP contribution in [-0.2, 0) is 0 Å². The lowest BCUT2D eigenvalue weighted by Gasteiger charge is -2.09. The molecule has 0 unspecified atom stereocenters. The van der Waals surface area contributed by atoms with E-state index in [0.29, 0.717) is 0 Å². The highest BCUT2D eigenvalue weighted by Crippen LogP contribution is 2.71. The summed E-state index contributed by atoms with van der Waals surface area (Å²) in [5.74, 6) is 0. The van der Waals surface area contributed by atoms with Crippen molar-refractivity contribution in [2.75, 3.05) is 10.2 Å². The third-order valence-corrected chi connectivity index (χ3v) is 19.8. The fourth-order valence-corrected chi connectivity index (χ4v) is 20.7. The Morgan fingerprint density at radius 1 is 0.385 bits per heavy atom. The predicted octanol–water partition coefficient (Wildman–Crippen LogP) is 10.2. The van der Waals surface area contributed by atoms with Gasteiger partial charge in [0.15, 0.2) is 0 Å². The number of hydrogen-bond donors (Lipinski definition) is 0. The molecule has 136 valence electrons. The quantitative estimate of drug-likeness (QED) is 0.276. The smallest absolute Gasteiger partial charge is 0.0718 e. The van der Waals surface area contributed by atoms with E-state index >= 15 is 0 Å². The van der Waals surface area contributed by atoms with Crippen LogP contribution in [0.15, 0.2) is 55.5 Å². The fraction of sp³-hybridized carbons (Fsp3) is 0.143. The summed E-state index contributed by atoms with van der Waals surface area (Å²) in [6.45, 7) is 8.21. The van der Waals surface area contributed by atoms with Crippen molar-refractivity contribution < 1.29 is 0 Å².